The van der Waals surface area contributed by atoms with Crippen LogP contribution >= 0.6 is 0 Å². The molecule has 1 saturated heterocycles. The molecule has 19 heavy (non-hydrogen) atoms. The summed E-state index contributed by atoms with van der Waals surface area (Å²) in [6.07, 6.45) is 2.50. The third kappa shape index (κ3) is 2.77. The van der Waals surface area contributed by atoms with E-state index in [1.807, 2.05) is 0 Å². The van der Waals surface area contributed by atoms with Gasteiger partial charge in [-0.3, -0.25) is 14.4 Å². The number of carbonyl (C=O) groups is 3. The predicted molar refractivity (Wildman–Crippen MR) is 64.9 cm³/mol. The summed E-state index contributed by atoms with van der Waals surface area (Å²) < 4.78 is 10.6. The molecule has 0 radical (unpaired) electrons. The highest BCUT2D eigenvalue weighted by atomic mass is 16.6. The minimum Gasteiger partial charge on any atom is -0.457 e. The van der Waals surface area contributed by atoms with Crippen LogP contribution in [0.3, 0.4) is 0 Å². The molecule has 1 aliphatic heterocycles. The smallest absolute Gasteiger partial charge is 0.325 e. The normalized spacial score (nSPS) is 32.4. The first-order valence-electron chi connectivity index (χ1n) is 6.27. The van der Waals surface area contributed by atoms with Gasteiger partial charge in [-0.2, -0.15) is 0 Å². The number of nitrogens with one attached hydrogen (secondary N) is 1. The maximum absolute atomic E-state index is 11.6. The van der Waals surface area contributed by atoms with Crippen LogP contribution in [-0.2, 0) is 23.9 Å². The van der Waals surface area contributed by atoms with Crippen molar-refractivity contribution in [1.82, 2.24) is 5.32 Å². The van der Waals surface area contributed by atoms with Crippen LogP contribution in [0.5, 0.6) is 0 Å². The molecule has 1 aliphatic carbocycles. The lowest BCUT2D eigenvalue weighted by atomic mass is 9.80. The number of amides is 1. The van der Waals surface area contributed by atoms with Crippen molar-refractivity contribution in [3.05, 3.63) is 12.7 Å². The molecule has 0 spiro atoms. The number of ether oxygens (including phenoxy) is 2. The Morgan fingerprint density at radius 1 is 1.58 bits per heavy atom. The second kappa shape index (κ2) is 5.03. The molecule has 0 aromatic rings. The van der Waals surface area contributed by atoms with E-state index in [9.17, 15) is 14.4 Å². The topological polar surface area (TPSA) is 81.7 Å². The first-order chi connectivity index (χ1) is 8.94. The van der Waals surface area contributed by atoms with Crippen LogP contribution in [0, 0.1) is 5.92 Å². The molecule has 1 amide bonds. The highest BCUT2D eigenvalue weighted by Gasteiger charge is 2.53. The Labute approximate surface area is 111 Å². The van der Waals surface area contributed by atoms with Crippen molar-refractivity contribution < 1.29 is 23.9 Å². The minimum atomic E-state index is -0.724. The van der Waals surface area contributed by atoms with E-state index in [0.29, 0.717) is 19.3 Å². The Kier molecular flexibility index (Phi) is 3.59. The zero-order chi connectivity index (χ0) is 14.0. The minimum absolute atomic E-state index is 0.0691. The lowest BCUT2D eigenvalue weighted by Crippen LogP contribution is -2.45. The molecular formula is C13H17NO5. The zero-order valence-electron chi connectivity index (χ0n) is 10.8. The van der Waals surface area contributed by atoms with Crippen LogP contribution in [0.4, 0.5) is 0 Å². The molecule has 1 N–H and O–H groups in total. The summed E-state index contributed by atoms with van der Waals surface area (Å²) in [7, 11) is 0. The van der Waals surface area contributed by atoms with Crippen molar-refractivity contribution in [2.45, 2.75) is 37.9 Å². The monoisotopic (exact) mass is 267 g/mol. The van der Waals surface area contributed by atoms with Crippen molar-refractivity contribution in [2.24, 2.45) is 5.92 Å². The van der Waals surface area contributed by atoms with E-state index in [0.717, 1.165) is 6.08 Å². The van der Waals surface area contributed by atoms with E-state index in [1.165, 1.54) is 0 Å². The fraction of sp³-hybridized carbons (Fsp3) is 0.615. The Bertz CT molecular complexity index is 433. The zero-order valence-corrected chi connectivity index (χ0v) is 10.8. The van der Waals surface area contributed by atoms with Crippen molar-refractivity contribution in [3.63, 3.8) is 0 Å². The van der Waals surface area contributed by atoms with Gasteiger partial charge < -0.3 is 14.8 Å². The van der Waals surface area contributed by atoms with Gasteiger partial charge in [0.05, 0.1) is 5.92 Å². The molecule has 6 heteroatoms. The third-order valence-corrected chi connectivity index (χ3v) is 3.64. The van der Waals surface area contributed by atoms with E-state index in [1.54, 1.807) is 6.92 Å². The fourth-order valence-corrected chi connectivity index (χ4v) is 2.62. The van der Waals surface area contributed by atoms with Crippen LogP contribution < -0.4 is 5.32 Å². The van der Waals surface area contributed by atoms with Gasteiger partial charge in [-0.05, 0) is 25.8 Å². The van der Waals surface area contributed by atoms with Crippen LogP contribution in [0.1, 0.15) is 26.2 Å². The van der Waals surface area contributed by atoms with Crippen molar-refractivity contribution >= 4 is 17.8 Å². The molecule has 104 valence electrons. The predicted octanol–water partition coefficient (Wildman–Crippen LogP) is 0.316. The van der Waals surface area contributed by atoms with Crippen LogP contribution in [0.25, 0.3) is 0 Å². The Balaban J connectivity index is 1.89. The van der Waals surface area contributed by atoms with Gasteiger partial charge in [0.1, 0.15) is 18.2 Å². The molecule has 3 atom stereocenters. The molecule has 2 aliphatic rings. The number of hydrogen-bond acceptors (Lipinski definition) is 5. The van der Waals surface area contributed by atoms with Crippen molar-refractivity contribution in [3.8, 4) is 0 Å². The van der Waals surface area contributed by atoms with Gasteiger partial charge in [-0.1, -0.05) is 6.58 Å². The van der Waals surface area contributed by atoms with Crippen molar-refractivity contribution in [2.75, 3.05) is 6.54 Å². The van der Waals surface area contributed by atoms with Gasteiger partial charge in [0.15, 0.2) is 0 Å². The van der Waals surface area contributed by atoms with Gasteiger partial charge in [0.25, 0.3) is 0 Å². The molecule has 6 nitrogen and oxygen atoms in total. The van der Waals surface area contributed by atoms with E-state index in [4.69, 9.17) is 9.47 Å². The number of esters is 2. The van der Waals surface area contributed by atoms with Crippen LogP contribution in [0.15, 0.2) is 12.7 Å². The lowest BCUT2D eigenvalue weighted by Gasteiger charge is -2.34. The molecule has 1 heterocycles. The average Bonchev–Trinajstić information content (AvgIpc) is 2.61. The second-order valence-electron chi connectivity index (χ2n) is 5.11. The summed E-state index contributed by atoms with van der Waals surface area (Å²) in [5, 5.41) is 2.35. The van der Waals surface area contributed by atoms with Gasteiger partial charge in [-0.25, -0.2) is 0 Å². The highest BCUT2D eigenvalue weighted by Crippen LogP contribution is 2.43. The summed E-state index contributed by atoms with van der Waals surface area (Å²) in [5.41, 5.74) is -0.724. The highest BCUT2D eigenvalue weighted by molar-refractivity contribution is 5.89. The largest absolute Gasteiger partial charge is 0.457 e. The fourth-order valence-electron chi connectivity index (χ4n) is 2.62. The molecule has 0 aromatic carbocycles. The quantitative estimate of drug-likeness (QED) is 0.586. The van der Waals surface area contributed by atoms with Crippen LogP contribution in [0.2, 0.25) is 0 Å². The SMILES string of the molecule is C=CC(=O)NCC(=O)OC1CCC2CC1(C)OC2=O. The molecular weight excluding hydrogens is 250 g/mol. The second-order valence-corrected chi connectivity index (χ2v) is 5.11. The molecule has 1 saturated carbocycles. The van der Waals surface area contributed by atoms with Gasteiger partial charge in [0.2, 0.25) is 5.91 Å². The Morgan fingerprint density at radius 3 is 3.00 bits per heavy atom. The van der Waals surface area contributed by atoms with E-state index in [2.05, 4.69) is 11.9 Å². The first kappa shape index (κ1) is 13.6. The summed E-state index contributed by atoms with van der Waals surface area (Å²) >= 11 is 0. The van der Waals surface area contributed by atoms with E-state index in [-0.39, 0.29) is 18.4 Å². The Morgan fingerprint density at radius 2 is 2.32 bits per heavy atom. The summed E-state index contributed by atoms with van der Waals surface area (Å²) in [4.78, 5) is 34.1. The summed E-state index contributed by atoms with van der Waals surface area (Å²) in [6.45, 7) is 4.85. The molecule has 2 fully saturated rings. The van der Waals surface area contributed by atoms with E-state index >= 15 is 0 Å². The molecule has 2 bridgehead atoms. The standard InChI is InChI=1S/C13H17NO5/c1-3-10(15)14-7-11(16)18-9-5-4-8-6-13(9,2)19-12(8)17/h3,8-9H,1,4-7H2,2H3,(H,14,15). The summed E-state index contributed by atoms with van der Waals surface area (Å²) in [5.74, 6) is -1.25. The van der Waals surface area contributed by atoms with Crippen molar-refractivity contribution in [1.29, 1.82) is 0 Å². The molecule has 0 aromatic heterocycles. The summed E-state index contributed by atoms with van der Waals surface area (Å²) in [6, 6.07) is 0. The maximum Gasteiger partial charge on any atom is 0.325 e. The van der Waals surface area contributed by atoms with E-state index < -0.39 is 23.6 Å². The maximum atomic E-state index is 11.6. The molecule has 3 unspecified atom stereocenters. The number of hydrogen-bond donors (Lipinski definition) is 1. The number of fused-ring (bicyclic) bond motifs is 2. The van der Waals surface area contributed by atoms with Gasteiger partial charge in [0, 0.05) is 6.42 Å². The molecule has 2 rings (SSSR count). The average molecular weight is 267 g/mol. The van der Waals surface area contributed by atoms with Crippen LogP contribution in [-0.4, -0.2) is 36.1 Å². The third-order valence-electron chi connectivity index (χ3n) is 3.64. The lowest BCUT2D eigenvalue weighted by molar-refractivity contribution is -0.172. The number of carbonyl (C=O) groups excluding carboxylic acids is 3. The Hall–Kier alpha value is -1.85. The van der Waals surface area contributed by atoms with Gasteiger partial charge >= 0.3 is 11.9 Å². The number of rotatable bonds is 4. The van der Waals surface area contributed by atoms with Gasteiger partial charge in [-0.15, -0.1) is 0 Å². The first-order valence-corrected chi connectivity index (χ1v) is 6.27.